The molecule has 0 bridgehead atoms. The molecule has 4 nitrogen and oxygen atoms in total. The molecule has 0 aliphatic carbocycles. The maximum absolute atomic E-state index is 12.0. The van der Waals surface area contributed by atoms with Gasteiger partial charge in [-0.1, -0.05) is 24.9 Å². The van der Waals surface area contributed by atoms with Crippen LogP contribution >= 0.6 is 11.6 Å². The van der Waals surface area contributed by atoms with Crippen molar-refractivity contribution in [3.8, 4) is 0 Å². The summed E-state index contributed by atoms with van der Waals surface area (Å²) in [5, 5.41) is 12.1. The lowest BCUT2D eigenvalue weighted by Gasteiger charge is -2.14. The van der Waals surface area contributed by atoms with Gasteiger partial charge in [0.05, 0.1) is 0 Å². The van der Waals surface area contributed by atoms with Crippen molar-refractivity contribution in [3.63, 3.8) is 0 Å². The molecule has 1 rings (SSSR count). The molecule has 2 N–H and O–H groups in total. The van der Waals surface area contributed by atoms with Crippen molar-refractivity contribution < 1.29 is 14.7 Å². The summed E-state index contributed by atoms with van der Waals surface area (Å²) in [6.07, 6.45) is 0.780. The molecule has 0 aliphatic rings. The molecule has 1 unspecified atom stereocenters. The quantitative estimate of drug-likeness (QED) is 0.843. The Morgan fingerprint density at radius 3 is 2.63 bits per heavy atom. The highest BCUT2D eigenvalue weighted by molar-refractivity contribution is 6.30. The van der Waals surface area contributed by atoms with Gasteiger partial charge in [-0.15, -0.1) is 0 Å². The van der Waals surface area contributed by atoms with Crippen LogP contribution in [0, 0.1) is 12.8 Å². The first-order chi connectivity index (χ1) is 8.93. The molecule has 104 valence electrons. The van der Waals surface area contributed by atoms with E-state index in [1.165, 1.54) is 0 Å². The molecule has 0 heterocycles. The smallest absolute Gasteiger partial charge is 0.303 e. The molecule has 0 spiro atoms. The van der Waals surface area contributed by atoms with Crippen LogP contribution in [0.25, 0.3) is 0 Å². The Kier molecular flexibility index (Phi) is 5.83. The number of carboxylic acid groups (broad SMARTS) is 1. The lowest BCUT2D eigenvalue weighted by atomic mass is 10.0. The van der Waals surface area contributed by atoms with E-state index in [0.717, 1.165) is 5.56 Å². The van der Waals surface area contributed by atoms with Crippen LogP contribution in [0.3, 0.4) is 0 Å². The Labute approximate surface area is 117 Å². The molecule has 5 heteroatoms. The van der Waals surface area contributed by atoms with Gasteiger partial charge in [0.25, 0.3) is 5.91 Å². The van der Waals surface area contributed by atoms with Crippen LogP contribution in [-0.2, 0) is 4.79 Å². The highest BCUT2D eigenvalue weighted by atomic mass is 35.5. The van der Waals surface area contributed by atoms with Crippen LogP contribution in [0.15, 0.2) is 18.2 Å². The van der Waals surface area contributed by atoms with Gasteiger partial charge in [0, 0.05) is 23.6 Å². The lowest BCUT2D eigenvalue weighted by molar-refractivity contribution is -0.138. The summed E-state index contributed by atoms with van der Waals surface area (Å²) in [5.41, 5.74) is 1.37. The number of amides is 1. The molecule has 0 radical (unpaired) electrons. The number of benzene rings is 1. The summed E-state index contributed by atoms with van der Waals surface area (Å²) in [4.78, 5) is 22.6. The van der Waals surface area contributed by atoms with Gasteiger partial charge in [-0.05, 0) is 36.6 Å². The minimum Gasteiger partial charge on any atom is -0.481 e. The number of carbonyl (C=O) groups excluding carboxylic acids is 1. The van der Waals surface area contributed by atoms with Crippen molar-refractivity contribution in [3.05, 3.63) is 34.3 Å². The largest absolute Gasteiger partial charge is 0.481 e. The van der Waals surface area contributed by atoms with Crippen LogP contribution in [0.1, 0.15) is 35.7 Å². The Hall–Kier alpha value is -1.55. The third kappa shape index (κ3) is 4.91. The normalized spacial score (nSPS) is 11.9. The summed E-state index contributed by atoms with van der Waals surface area (Å²) in [5.74, 6) is -1.09. The number of aryl methyl sites for hydroxylation is 1. The third-order valence-corrected chi connectivity index (χ3v) is 3.26. The van der Waals surface area contributed by atoms with Gasteiger partial charge >= 0.3 is 5.97 Å². The van der Waals surface area contributed by atoms with Gasteiger partial charge in [0.2, 0.25) is 0 Å². The topological polar surface area (TPSA) is 66.4 Å². The lowest BCUT2D eigenvalue weighted by Crippen LogP contribution is -2.30. The summed E-state index contributed by atoms with van der Waals surface area (Å²) >= 11 is 5.83. The molecule has 0 aromatic heterocycles. The molecule has 1 amide bonds. The number of nitrogens with one attached hydrogen (secondary N) is 1. The molecule has 1 aromatic carbocycles. The number of carbonyl (C=O) groups is 2. The SMILES string of the molecule is CCC(CNC(=O)c1ccc(Cl)cc1C)CC(=O)O. The molecule has 0 aliphatic heterocycles. The van der Waals surface area contributed by atoms with E-state index in [9.17, 15) is 9.59 Å². The van der Waals surface area contributed by atoms with Gasteiger partial charge in [-0.3, -0.25) is 9.59 Å². The number of hydrogen-bond acceptors (Lipinski definition) is 2. The van der Waals surface area contributed by atoms with E-state index < -0.39 is 5.97 Å². The summed E-state index contributed by atoms with van der Waals surface area (Å²) < 4.78 is 0. The second kappa shape index (κ2) is 7.14. The van der Waals surface area contributed by atoms with Crippen LogP contribution in [0.5, 0.6) is 0 Å². The number of rotatable bonds is 6. The van der Waals surface area contributed by atoms with Gasteiger partial charge in [-0.2, -0.15) is 0 Å². The number of carboxylic acids is 1. The maximum atomic E-state index is 12.0. The summed E-state index contributed by atoms with van der Waals surface area (Å²) in [7, 11) is 0. The van der Waals surface area contributed by atoms with Gasteiger partial charge in [-0.25, -0.2) is 0 Å². The average molecular weight is 284 g/mol. The van der Waals surface area contributed by atoms with Crippen molar-refractivity contribution in [1.82, 2.24) is 5.32 Å². The van der Waals surface area contributed by atoms with Crippen molar-refractivity contribution in [2.24, 2.45) is 5.92 Å². The minimum absolute atomic E-state index is 0.0472. The Morgan fingerprint density at radius 1 is 1.42 bits per heavy atom. The minimum atomic E-state index is -0.844. The first kappa shape index (κ1) is 15.5. The predicted molar refractivity (Wildman–Crippen MR) is 74.6 cm³/mol. The summed E-state index contributed by atoms with van der Waals surface area (Å²) in [6.45, 7) is 4.09. The first-order valence-electron chi connectivity index (χ1n) is 6.20. The summed E-state index contributed by atoms with van der Waals surface area (Å²) in [6, 6.07) is 5.06. The zero-order chi connectivity index (χ0) is 14.4. The Morgan fingerprint density at radius 2 is 2.11 bits per heavy atom. The van der Waals surface area contributed by atoms with Crippen molar-refractivity contribution in [2.45, 2.75) is 26.7 Å². The highest BCUT2D eigenvalue weighted by Gasteiger charge is 2.14. The zero-order valence-electron chi connectivity index (χ0n) is 11.1. The molecule has 0 fully saturated rings. The predicted octanol–water partition coefficient (Wildman–Crippen LogP) is 2.88. The average Bonchev–Trinajstić information content (AvgIpc) is 2.33. The standard InChI is InChI=1S/C14H18ClNO3/c1-3-10(7-13(17)18)8-16-14(19)12-5-4-11(15)6-9(12)2/h4-6,10H,3,7-8H2,1-2H3,(H,16,19)(H,17,18). The van der Waals surface area contributed by atoms with E-state index in [1.54, 1.807) is 18.2 Å². The zero-order valence-corrected chi connectivity index (χ0v) is 11.8. The van der Waals surface area contributed by atoms with Gasteiger partial charge < -0.3 is 10.4 Å². The van der Waals surface area contributed by atoms with Gasteiger partial charge in [0.15, 0.2) is 0 Å². The number of hydrogen-bond donors (Lipinski definition) is 2. The van der Waals surface area contributed by atoms with E-state index in [-0.39, 0.29) is 18.2 Å². The van der Waals surface area contributed by atoms with Gasteiger partial charge in [0.1, 0.15) is 0 Å². The van der Waals surface area contributed by atoms with E-state index in [2.05, 4.69) is 5.32 Å². The van der Waals surface area contributed by atoms with Crippen molar-refractivity contribution in [1.29, 1.82) is 0 Å². The monoisotopic (exact) mass is 283 g/mol. The Balaban J connectivity index is 2.61. The van der Waals surface area contributed by atoms with Crippen molar-refractivity contribution >= 4 is 23.5 Å². The van der Waals surface area contributed by atoms with E-state index >= 15 is 0 Å². The fourth-order valence-corrected chi connectivity index (χ4v) is 2.05. The number of halogens is 1. The fourth-order valence-electron chi connectivity index (χ4n) is 1.82. The van der Waals surface area contributed by atoms with Crippen LogP contribution < -0.4 is 5.32 Å². The molecule has 0 saturated heterocycles. The third-order valence-electron chi connectivity index (χ3n) is 3.03. The maximum Gasteiger partial charge on any atom is 0.303 e. The highest BCUT2D eigenvalue weighted by Crippen LogP contribution is 2.15. The molecule has 0 saturated carbocycles. The molecular weight excluding hydrogens is 266 g/mol. The van der Waals surface area contributed by atoms with Crippen LogP contribution in [-0.4, -0.2) is 23.5 Å². The fraction of sp³-hybridized carbons (Fsp3) is 0.429. The van der Waals surface area contributed by atoms with E-state index in [0.29, 0.717) is 23.6 Å². The molecular formula is C14H18ClNO3. The van der Waals surface area contributed by atoms with Crippen molar-refractivity contribution in [2.75, 3.05) is 6.54 Å². The molecule has 19 heavy (non-hydrogen) atoms. The number of aliphatic carboxylic acids is 1. The van der Waals surface area contributed by atoms with E-state index in [4.69, 9.17) is 16.7 Å². The Bertz CT molecular complexity index is 474. The second-order valence-electron chi connectivity index (χ2n) is 4.54. The van der Waals surface area contributed by atoms with Crippen LogP contribution in [0.4, 0.5) is 0 Å². The first-order valence-corrected chi connectivity index (χ1v) is 6.58. The molecule has 1 atom stereocenters. The van der Waals surface area contributed by atoms with E-state index in [1.807, 2.05) is 13.8 Å². The molecule has 1 aromatic rings. The van der Waals surface area contributed by atoms with Crippen LogP contribution in [0.2, 0.25) is 5.02 Å². The second-order valence-corrected chi connectivity index (χ2v) is 4.98.